The topological polar surface area (TPSA) is 134 Å². The van der Waals surface area contributed by atoms with Crippen molar-refractivity contribution >= 4 is 52.8 Å². The minimum Gasteiger partial charge on any atom is -0.444 e. The zero-order valence-corrected chi connectivity index (χ0v) is 26.5. The van der Waals surface area contributed by atoms with Crippen LogP contribution in [0.5, 0.6) is 0 Å². The molecule has 0 aromatic heterocycles. The number of amides is 4. The number of nitrogens with zero attached hydrogens (tertiary/aromatic N) is 1. The zero-order chi connectivity index (χ0) is 31.7. The lowest BCUT2D eigenvalue weighted by atomic mass is 9.94. The van der Waals surface area contributed by atoms with Gasteiger partial charge in [0.05, 0.1) is 6.04 Å². The fourth-order valence-electron chi connectivity index (χ4n) is 6.18. The number of alkyl halides is 2. The molecule has 1 aromatic rings. The Labute approximate surface area is 262 Å². The second-order valence-electron chi connectivity index (χ2n) is 12.5. The first kappa shape index (κ1) is 32.8. The maximum atomic E-state index is 14.3. The van der Waals surface area contributed by atoms with E-state index in [2.05, 4.69) is 22.5 Å². The summed E-state index contributed by atoms with van der Waals surface area (Å²) in [5.74, 6) is -3.94. The number of Topliss-reactive ketones (excluding diaryl/α,β-unsaturated/α-hetero) is 1. The number of carbonyl (C=O) groups is 5. The highest BCUT2D eigenvalue weighted by Crippen LogP contribution is 2.65. The molecule has 1 saturated carbocycles. The second-order valence-corrected chi connectivity index (χ2v) is 14.0. The summed E-state index contributed by atoms with van der Waals surface area (Å²) in [6, 6.07) is 4.67. The largest absolute Gasteiger partial charge is 0.444 e. The molecule has 10 nitrogen and oxygen atoms in total. The molecule has 0 spiro atoms. The van der Waals surface area contributed by atoms with Gasteiger partial charge in [-0.3, -0.25) is 19.2 Å². The second kappa shape index (κ2) is 12.9. The molecule has 2 aliphatic carbocycles. The van der Waals surface area contributed by atoms with Gasteiger partial charge in [0.25, 0.3) is 5.91 Å². The Morgan fingerprint density at radius 1 is 1.12 bits per heavy atom. The minimum absolute atomic E-state index is 0.101. The van der Waals surface area contributed by atoms with Crippen molar-refractivity contribution in [2.45, 2.75) is 81.4 Å². The fraction of sp³-hybridized carbons (Fsp3) is 0.581. The molecule has 1 aromatic carbocycles. The van der Waals surface area contributed by atoms with E-state index < -0.39 is 63.6 Å². The average Bonchev–Trinajstić information content (AvgIpc) is 3.30. The third-order valence-electron chi connectivity index (χ3n) is 8.22. The Hall–Kier alpha value is -3.11. The van der Waals surface area contributed by atoms with Crippen LogP contribution in [0.4, 0.5) is 4.79 Å². The molecule has 4 amide bonds. The summed E-state index contributed by atoms with van der Waals surface area (Å²) in [6.07, 6.45) is 2.55. The highest BCUT2D eigenvalue weighted by atomic mass is 35.5. The molecule has 3 N–H and O–H groups in total. The fourth-order valence-corrected chi connectivity index (χ4v) is 7.01. The summed E-state index contributed by atoms with van der Waals surface area (Å²) in [7, 11) is 0. The van der Waals surface area contributed by atoms with E-state index in [1.807, 2.05) is 31.2 Å². The third kappa shape index (κ3) is 7.17. The van der Waals surface area contributed by atoms with Gasteiger partial charge in [-0.05, 0) is 57.1 Å². The summed E-state index contributed by atoms with van der Waals surface area (Å²) in [4.78, 5) is 67.7. The molecule has 0 bridgehead atoms. The Morgan fingerprint density at radius 2 is 1.74 bits per heavy atom. The van der Waals surface area contributed by atoms with Crippen molar-refractivity contribution in [1.82, 2.24) is 20.9 Å². The number of hydrogen-bond donors (Lipinski definition) is 3. The first-order chi connectivity index (χ1) is 20.2. The molecule has 0 unspecified atom stereocenters. The van der Waals surface area contributed by atoms with Crippen molar-refractivity contribution in [3.05, 3.63) is 48.0 Å². The van der Waals surface area contributed by atoms with Gasteiger partial charge >= 0.3 is 6.09 Å². The lowest BCUT2D eigenvalue weighted by Crippen LogP contribution is -2.60. The van der Waals surface area contributed by atoms with E-state index >= 15 is 0 Å². The maximum absolute atomic E-state index is 14.3. The van der Waals surface area contributed by atoms with E-state index in [0.717, 1.165) is 11.1 Å². The first-order valence-corrected chi connectivity index (χ1v) is 15.4. The van der Waals surface area contributed by atoms with E-state index in [1.165, 1.54) is 11.0 Å². The van der Waals surface area contributed by atoms with E-state index in [1.54, 1.807) is 20.8 Å². The van der Waals surface area contributed by atoms with Crippen molar-refractivity contribution in [2.24, 2.45) is 17.8 Å². The number of ether oxygens (including phenoxy) is 1. The number of rotatable bonds is 11. The highest BCUT2D eigenvalue weighted by molar-refractivity contribution is 6.51. The molecule has 12 heteroatoms. The number of carbonyl (C=O) groups excluding carboxylic acids is 5. The van der Waals surface area contributed by atoms with Crippen LogP contribution in [0.3, 0.4) is 0 Å². The van der Waals surface area contributed by atoms with E-state index in [4.69, 9.17) is 27.9 Å². The normalized spacial score (nSPS) is 23.3. The molecule has 234 valence electrons. The monoisotopic (exact) mass is 634 g/mol. The number of hydrogen-bond acceptors (Lipinski definition) is 6. The van der Waals surface area contributed by atoms with Gasteiger partial charge in [-0.25, -0.2) is 4.79 Å². The Balaban J connectivity index is 1.59. The molecule has 1 aliphatic heterocycles. The molecule has 4 rings (SSSR count). The van der Waals surface area contributed by atoms with Crippen molar-refractivity contribution in [2.75, 3.05) is 13.1 Å². The van der Waals surface area contributed by atoms with Crippen LogP contribution in [0.25, 0.3) is 0 Å². The van der Waals surface area contributed by atoms with Gasteiger partial charge in [-0.1, -0.05) is 43.7 Å². The summed E-state index contributed by atoms with van der Waals surface area (Å²) in [6.45, 7) is 10.7. The van der Waals surface area contributed by atoms with Gasteiger partial charge in [-0.2, -0.15) is 0 Å². The van der Waals surface area contributed by atoms with Crippen LogP contribution in [-0.4, -0.2) is 75.6 Å². The number of ketones is 1. The number of likely N-dealkylation sites (tertiary alicyclic amines) is 1. The van der Waals surface area contributed by atoms with Gasteiger partial charge in [-0.15, -0.1) is 29.8 Å². The predicted molar refractivity (Wildman–Crippen MR) is 162 cm³/mol. The van der Waals surface area contributed by atoms with Crippen molar-refractivity contribution < 1.29 is 28.7 Å². The highest BCUT2D eigenvalue weighted by Gasteiger charge is 2.74. The van der Waals surface area contributed by atoms with Gasteiger partial charge in [0, 0.05) is 24.9 Å². The van der Waals surface area contributed by atoms with Crippen LogP contribution in [0.2, 0.25) is 0 Å². The van der Waals surface area contributed by atoms with Gasteiger partial charge < -0.3 is 25.6 Å². The number of benzene rings is 1. The van der Waals surface area contributed by atoms with Crippen LogP contribution in [0.15, 0.2) is 36.9 Å². The van der Waals surface area contributed by atoms with Crippen molar-refractivity contribution in [3.63, 3.8) is 0 Å². The van der Waals surface area contributed by atoms with E-state index in [-0.39, 0.29) is 31.3 Å². The molecule has 43 heavy (non-hydrogen) atoms. The summed E-state index contributed by atoms with van der Waals surface area (Å²) < 4.78 is 4.27. The number of fused-ring (bicyclic) bond motifs is 2. The minimum atomic E-state index is -1.22. The molecule has 1 heterocycles. The number of alkyl carbamates (subject to hydrolysis) is 1. The van der Waals surface area contributed by atoms with Crippen LogP contribution < -0.4 is 16.0 Å². The van der Waals surface area contributed by atoms with Crippen molar-refractivity contribution in [3.8, 4) is 0 Å². The first-order valence-electron chi connectivity index (χ1n) is 14.7. The maximum Gasteiger partial charge on any atom is 0.408 e. The lowest BCUT2D eigenvalue weighted by molar-refractivity contribution is -0.144. The lowest BCUT2D eigenvalue weighted by Gasteiger charge is -2.35. The van der Waals surface area contributed by atoms with Crippen LogP contribution in [-0.2, 0) is 36.8 Å². The number of piperidine rings is 1. The van der Waals surface area contributed by atoms with Crippen molar-refractivity contribution in [1.29, 1.82) is 0 Å². The summed E-state index contributed by atoms with van der Waals surface area (Å²) >= 11 is 13.1. The van der Waals surface area contributed by atoms with Crippen LogP contribution >= 0.6 is 23.2 Å². The Bertz CT molecular complexity index is 1270. The molecule has 3 aliphatic rings. The Morgan fingerprint density at radius 3 is 2.30 bits per heavy atom. The third-order valence-corrected chi connectivity index (χ3v) is 9.28. The molecule has 5 atom stereocenters. The standard InChI is InChI=1S/C31H40Cl2N4O6/c1-6-10-21(25(38)27(40)34-13-7-2)35-26(39)24-22-20(31(22,32)33)16-37(24)28(41)23(36-29(42)43-30(3,4)5)19-14-17-11-8-9-12-18(17)15-19/h7-9,11-12,19-24H,2,6,10,13-16H2,1,3-5H3,(H,34,40)(H,35,39)(H,36,42)/t20-,21-,22-,23-,24-/m0/s1. The van der Waals surface area contributed by atoms with Crippen LogP contribution in [0, 0.1) is 17.8 Å². The SMILES string of the molecule is C=CCNC(=O)C(=O)[C@H](CCC)NC(=O)[C@@H]1[C@@H]2[C@H](CN1C(=O)[C@@H](NC(=O)OC(C)(C)C)C1Cc3ccccc3C1)C2(Cl)Cl. The predicted octanol–water partition coefficient (Wildman–Crippen LogP) is 3.08. The summed E-state index contributed by atoms with van der Waals surface area (Å²) in [5, 5.41) is 7.92. The zero-order valence-electron chi connectivity index (χ0n) is 25.0. The molecular weight excluding hydrogens is 595 g/mol. The summed E-state index contributed by atoms with van der Waals surface area (Å²) in [5.41, 5.74) is 1.39. The van der Waals surface area contributed by atoms with Gasteiger partial charge in [0.15, 0.2) is 0 Å². The average molecular weight is 636 g/mol. The quantitative estimate of drug-likeness (QED) is 0.195. The van der Waals surface area contributed by atoms with Crippen LogP contribution in [0.1, 0.15) is 51.7 Å². The van der Waals surface area contributed by atoms with Gasteiger partial charge in [0.2, 0.25) is 17.6 Å². The number of nitrogens with one attached hydrogen (secondary N) is 3. The molecule has 1 saturated heterocycles. The molecule has 0 radical (unpaired) electrons. The molecular formula is C31H40Cl2N4O6. The molecule has 2 fully saturated rings. The smallest absolute Gasteiger partial charge is 0.408 e. The number of halogens is 2. The van der Waals surface area contributed by atoms with Gasteiger partial charge in [0.1, 0.15) is 22.0 Å². The van der Waals surface area contributed by atoms with E-state index in [0.29, 0.717) is 19.3 Å². The Kier molecular flexibility index (Phi) is 9.81. The van der Waals surface area contributed by atoms with E-state index in [9.17, 15) is 24.0 Å².